The fraction of sp³-hybridized carbons (Fsp3) is 0.125. The van der Waals surface area contributed by atoms with Crippen LogP contribution in [0.15, 0.2) is 17.3 Å². The molecule has 0 unspecified atom stereocenters. The molecule has 4 nitrogen and oxygen atoms in total. The first-order chi connectivity index (χ1) is 6.99. The van der Waals surface area contributed by atoms with Crippen LogP contribution in [0.1, 0.15) is 11.3 Å². The molecule has 0 aliphatic heterocycles. The first-order valence-corrected chi connectivity index (χ1v) is 3.54. The molecule has 0 aliphatic carbocycles. The summed E-state index contributed by atoms with van der Waals surface area (Å²) in [7, 11) is 0. The number of isocyanates is 1. The van der Waals surface area contributed by atoms with Gasteiger partial charge in [-0.15, -0.1) is 0 Å². The van der Waals surface area contributed by atoms with Crippen molar-refractivity contribution in [1.82, 2.24) is 4.98 Å². The molecule has 0 bridgehead atoms. The second-order valence-electron chi connectivity index (χ2n) is 2.40. The first kappa shape index (κ1) is 10.9. The van der Waals surface area contributed by atoms with Crippen molar-refractivity contribution in [3.05, 3.63) is 23.5 Å². The Morgan fingerprint density at radius 2 is 2.13 bits per heavy atom. The van der Waals surface area contributed by atoms with Gasteiger partial charge in [-0.25, -0.2) is 9.78 Å². The summed E-state index contributed by atoms with van der Waals surface area (Å²) >= 11 is 0. The molecular weight excluding hydrogens is 211 g/mol. The number of alkyl halides is 3. The van der Waals surface area contributed by atoms with Gasteiger partial charge in [0, 0.05) is 0 Å². The standard InChI is InChI=1S/C8H2F3N3O/c9-8(10,11)6-1-5(14-4-15)3-13-7(6)2-12/h1,3H. The highest BCUT2D eigenvalue weighted by Crippen LogP contribution is 2.32. The zero-order valence-corrected chi connectivity index (χ0v) is 7.04. The van der Waals surface area contributed by atoms with Crippen molar-refractivity contribution in [2.75, 3.05) is 0 Å². The van der Waals surface area contributed by atoms with Crippen LogP contribution in [0, 0.1) is 11.3 Å². The molecule has 7 heteroatoms. The molecule has 76 valence electrons. The lowest BCUT2D eigenvalue weighted by Crippen LogP contribution is -2.08. The van der Waals surface area contributed by atoms with Crippen molar-refractivity contribution >= 4 is 11.8 Å². The second-order valence-corrected chi connectivity index (χ2v) is 2.40. The van der Waals surface area contributed by atoms with Crippen LogP contribution < -0.4 is 0 Å². The maximum atomic E-state index is 12.3. The monoisotopic (exact) mass is 213 g/mol. The zero-order valence-electron chi connectivity index (χ0n) is 7.04. The fourth-order valence-corrected chi connectivity index (χ4v) is 0.873. The molecule has 0 saturated carbocycles. The van der Waals surface area contributed by atoms with E-state index in [9.17, 15) is 18.0 Å². The van der Waals surface area contributed by atoms with E-state index in [2.05, 4.69) is 9.98 Å². The molecule has 0 N–H and O–H groups in total. The van der Waals surface area contributed by atoms with Gasteiger partial charge in [-0.2, -0.15) is 23.4 Å². The van der Waals surface area contributed by atoms with Crippen LogP contribution in [0.5, 0.6) is 0 Å². The Kier molecular flexibility index (Phi) is 2.83. The van der Waals surface area contributed by atoms with Gasteiger partial charge >= 0.3 is 6.18 Å². The van der Waals surface area contributed by atoms with E-state index in [0.29, 0.717) is 6.07 Å². The van der Waals surface area contributed by atoms with Gasteiger partial charge in [-0.1, -0.05) is 0 Å². The van der Waals surface area contributed by atoms with Crippen molar-refractivity contribution < 1.29 is 18.0 Å². The smallest absolute Gasteiger partial charge is 0.243 e. The summed E-state index contributed by atoms with van der Waals surface area (Å²) in [6, 6.07) is 1.87. The number of aromatic nitrogens is 1. The van der Waals surface area contributed by atoms with Crippen molar-refractivity contribution in [1.29, 1.82) is 5.26 Å². The van der Waals surface area contributed by atoms with Crippen LogP contribution in [-0.2, 0) is 11.0 Å². The van der Waals surface area contributed by atoms with Crippen molar-refractivity contribution in [2.24, 2.45) is 4.99 Å². The minimum Gasteiger partial charge on any atom is -0.243 e. The summed E-state index contributed by atoms with van der Waals surface area (Å²) in [6.45, 7) is 0. The molecule has 0 aliphatic rings. The highest BCUT2D eigenvalue weighted by atomic mass is 19.4. The Hall–Kier alpha value is -2.19. The molecule has 0 amide bonds. The zero-order chi connectivity index (χ0) is 11.5. The quantitative estimate of drug-likeness (QED) is 0.528. The van der Waals surface area contributed by atoms with Crippen molar-refractivity contribution in [3.8, 4) is 6.07 Å². The van der Waals surface area contributed by atoms with Crippen LogP contribution in [0.2, 0.25) is 0 Å². The third-order valence-electron chi connectivity index (χ3n) is 1.46. The maximum Gasteiger partial charge on any atom is 0.419 e. The molecule has 0 radical (unpaired) electrons. The van der Waals surface area contributed by atoms with Crippen LogP contribution >= 0.6 is 0 Å². The Balaban J connectivity index is 3.40. The molecule has 0 aromatic carbocycles. The predicted molar refractivity (Wildman–Crippen MR) is 41.7 cm³/mol. The lowest BCUT2D eigenvalue weighted by molar-refractivity contribution is -0.138. The van der Waals surface area contributed by atoms with Crippen LogP contribution in [0.25, 0.3) is 0 Å². The van der Waals surface area contributed by atoms with Gasteiger partial charge < -0.3 is 0 Å². The number of halogens is 3. The Morgan fingerprint density at radius 3 is 2.60 bits per heavy atom. The highest BCUT2D eigenvalue weighted by Gasteiger charge is 2.34. The molecule has 1 aromatic heterocycles. The molecule has 15 heavy (non-hydrogen) atoms. The Morgan fingerprint density at radius 1 is 1.47 bits per heavy atom. The molecule has 0 saturated heterocycles. The van der Waals surface area contributed by atoms with Crippen molar-refractivity contribution in [3.63, 3.8) is 0 Å². The lowest BCUT2D eigenvalue weighted by Gasteiger charge is -2.07. The van der Waals surface area contributed by atoms with Gasteiger partial charge in [0.25, 0.3) is 0 Å². The average Bonchev–Trinajstić information content (AvgIpc) is 2.17. The highest BCUT2D eigenvalue weighted by molar-refractivity contribution is 5.51. The van der Waals surface area contributed by atoms with Crippen LogP contribution in [0.3, 0.4) is 0 Å². The summed E-state index contributed by atoms with van der Waals surface area (Å²) in [6.07, 6.45) is -2.73. The summed E-state index contributed by atoms with van der Waals surface area (Å²) in [4.78, 5) is 16.0. The van der Waals surface area contributed by atoms with Gasteiger partial charge in [0.05, 0.1) is 17.4 Å². The number of hydrogen-bond acceptors (Lipinski definition) is 4. The summed E-state index contributed by atoms with van der Waals surface area (Å²) in [5, 5.41) is 8.38. The van der Waals surface area contributed by atoms with E-state index < -0.39 is 17.4 Å². The van der Waals surface area contributed by atoms with E-state index in [1.54, 1.807) is 0 Å². The molecular formula is C8H2F3N3O. The number of carbonyl (C=O) groups excluding carboxylic acids is 1. The minimum atomic E-state index is -4.70. The molecule has 1 aromatic rings. The second kappa shape index (κ2) is 3.90. The third kappa shape index (κ3) is 2.39. The first-order valence-electron chi connectivity index (χ1n) is 3.54. The number of pyridine rings is 1. The van der Waals surface area contributed by atoms with E-state index in [4.69, 9.17) is 5.26 Å². The van der Waals surface area contributed by atoms with Gasteiger partial charge in [-0.05, 0) is 6.07 Å². The number of nitriles is 1. The van der Waals surface area contributed by atoms with Crippen LogP contribution in [0.4, 0.5) is 18.9 Å². The van der Waals surface area contributed by atoms with Gasteiger partial charge in [0.15, 0.2) is 5.69 Å². The summed E-state index contributed by atoms with van der Waals surface area (Å²) in [5.41, 5.74) is -2.27. The number of aliphatic imine (C=N–C) groups is 1. The molecule has 0 fully saturated rings. The molecule has 0 spiro atoms. The SMILES string of the molecule is N#Cc1ncc(N=C=O)cc1C(F)(F)F. The minimum absolute atomic E-state index is 0.295. The maximum absolute atomic E-state index is 12.3. The molecule has 1 heterocycles. The molecule has 1 rings (SSSR count). The van der Waals surface area contributed by atoms with Gasteiger partial charge in [-0.3, -0.25) is 0 Å². The van der Waals surface area contributed by atoms with Crippen molar-refractivity contribution in [2.45, 2.75) is 6.18 Å². The van der Waals surface area contributed by atoms with E-state index in [1.807, 2.05) is 0 Å². The lowest BCUT2D eigenvalue weighted by atomic mass is 10.2. The number of rotatable bonds is 1. The van der Waals surface area contributed by atoms with Gasteiger partial charge in [0.2, 0.25) is 6.08 Å². The van der Waals surface area contributed by atoms with E-state index >= 15 is 0 Å². The van der Waals surface area contributed by atoms with E-state index in [-0.39, 0.29) is 5.69 Å². The van der Waals surface area contributed by atoms with E-state index in [0.717, 1.165) is 12.3 Å². The molecule has 0 atom stereocenters. The van der Waals surface area contributed by atoms with Gasteiger partial charge in [0.1, 0.15) is 6.07 Å². The number of hydrogen-bond donors (Lipinski definition) is 0. The Labute approximate surface area is 81.7 Å². The van der Waals surface area contributed by atoms with Crippen LogP contribution in [-0.4, -0.2) is 11.1 Å². The number of nitrogens with zero attached hydrogens (tertiary/aromatic N) is 3. The van der Waals surface area contributed by atoms with E-state index in [1.165, 1.54) is 6.07 Å². The fourth-order valence-electron chi connectivity index (χ4n) is 0.873. The largest absolute Gasteiger partial charge is 0.419 e. The normalized spacial score (nSPS) is 10.3. The Bertz CT molecular complexity index is 469. The average molecular weight is 213 g/mol. The summed E-state index contributed by atoms with van der Waals surface area (Å²) in [5.74, 6) is 0. The topological polar surface area (TPSA) is 66.1 Å². The predicted octanol–water partition coefficient (Wildman–Crippen LogP) is 1.94. The third-order valence-corrected chi connectivity index (χ3v) is 1.46. The summed E-state index contributed by atoms with van der Waals surface area (Å²) < 4.78 is 37.0.